The molecule has 0 unspecified atom stereocenters. The monoisotopic (exact) mass is 469 g/mol. The van der Waals surface area contributed by atoms with Crippen LogP contribution in [0.1, 0.15) is 28.9 Å². The molecule has 0 atom stereocenters. The van der Waals surface area contributed by atoms with Crippen molar-refractivity contribution in [2.24, 2.45) is 0 Å². The van der Waals surface area contributed by atoms with Crippen molar-refractivity contribution in [2.75, 3.05) is 33.4 Å². The largest absolute Gasteiger partial charge is 0.492 e. The predicted molar refractivity (Wildman–Crippen MR) is 126 cm³/mol. The van der Waals surface area contributed by atoms with E-state index in [1.165, 1.54) is 4.68 Å². The number of rotatable bonds is 9. The van der Waals surface area contributed by atoms with Gasteiger partial charge in [0, 0.05) is 32.3 Å². The molecule has 1 aromatic heterocycles. The van der Waals surface area contributed by atoms with Crippen LogP contribution in [0, 0.1) is 0 Å². The Morgan fingerprint density at radius 3 is 2.88 bits per heavy atom. The number of hydrogen-bond acceptors (Lipinski definition) is 6. The molecular weight excluding hydrogens is 442 g/mol. The van der Waals surface area contributed by atoms with E-state index in [9.17, 15) is 4.79 Å². The summed E-state index contributed by atoms with van der Waals surface area (Å²) in [5.74, 6) is 0.476. The Morgan fingerprint density at radius 2 is 2.06 bits per heavy atom. The Hall–Kier alpha value is -2.94. The van der Waals surface area contributed by atoms with Gasteiger partial charge >= 0.3 is 0 Å². The lowest BCUT2D eigenvalue weighted by atomic mass is 10.1. The molecule has 1 saturated heterocycles. The highest BCUT2D eigenvalue weighted by atomic mass is 35.5. The Labute approximate surface area is 198 Å². The van der Waals surface area contributed by atoms with Crippen LogP contribution in [0.15, 0.2) is 54.7 Å². The lowest BCUT2D eigenvalue weighted by Gasteiger charge is -2.31. The number of amides is 1. The van der Waals surface area contributed by atoms with E-state index in [-0.39, 0.29) is 11.6 Å². The average Bonchev–Trinajstić information content (AvgIpc) is 3.34. The summed E-state index contributed by atoms with van der Waals surface area (Å²) in [6.45, 7) is 3.48. The molecule has 1 fully saturated rings. The van der Waals surface area contributed by atoms with Crippen molar-refractivity contribution < 1.29 is 14.3 Å². The number of likely N-dealkylation sites (N-methyl/N-ethyl adjacent to an activating group) is 1. The topological polar surface area (TPSA) is 81.5 Å². The normalized spacial score (nSPS) is 14.4. The minimum Gasteiger partial charge on any atom is -0.492 e. The first kappa shape index (κ1) is 23.2. The van der Waals surface area contributed by atoms with Crippen molar-refractivity contribution in [1.82, 2.24) is 25.2 Å². The fourth-order valence-corrected chi connectivity index (χ4v) is 3.98. The van der Waals surface area contributed by atoms with Gasteiger partial charge in [0.2, 0.25) is 0 Å². The molecular formula is C24H28ClN5O3. The van der Waals surface area contributed by atoms with E-state index < -0.39 is 0 Å². The second-order valence-corrected chi connectivity index (χ2v) is 8.41. The zero-order chi connectivity index (χ0) is 23.0. The smallest absolute Gasteiger partial charge is 0.273 e. The van der Waals surface area contributed by atoms with Crippen molar-refractivity contribution >= 4 is 17.5 Å². The lowest BCUT2D eigenvalue weighted by Crippen LogP contribution is -2.38. The summed E-state index contributed by atoms with van der Waals surface area (Å²) in [6.07, 6.45) is 3.70. The van der Waals surface area contributed by atoms with Gasteiger partial charge in [-0.15, -0.1) is 5.10 Å². The van der Waals surface area contributed by atoms with Crippen LogP contribution in [0.2, 0.25) is 5.02 Å². The molecule has 2 heterocycles. The predicted octanol–water partition coefficient (Wildman–Crippen LogP) is 3.34. The van der Waals surface area contributed by atoms with E-state index in [0.29, 0.717) is 29.9 Å². The van der Waals surface area contributed by atoms with Crippen LogP contribution in [0.25, 0.3) is 5.69 Å². The van der Waals surface area contributed by atoms with E-state index in [0.717, 1.165) is 43.9 Å². The van der Waals surface area contributed by atoms with Gasteiger partial charge in [0.25, 0.3) is 5.91 Å². The second-order valence-electron chi connectivity index (χ2n) is 8.00. The summed E-state index contributed by atoms with van der Waals surface area (Å²) >= 11 is 6.19. The highest BCUT2D eigenvalue weighted by Gasteiger charge is 2.18. The second kappa shape index (κ2) is 11.3. The number of nitrogens with one attached hydrogen (secondary N) is 1. The van der Waals surface area contributed by atoms with Gasteiger partial charge in [0.15, 0.2) is 5.69 Å². The van der Waals surface area contributed by atoms with Crippen molar-refractivity contribution in [3.05, 3.63) is 71.0 Å². The van der Waals surface area contributed by atoms with E-state index in [1.54, 1.807) is 12.3 Å². The number of aromatic nitrogens is 3. The summed E-state index contributed by atoms with van der Waals surface area (Å²) < 4.78 is 12.9. The number of carbonyl (C=O) groups is 1. The van der Waals surface area contributed by atoms with Crippen LogP contribution < -0.4 is 10.1 Å². The van der Waals surface area contributed by atoms with Gasteiger partial charge in [0.1, 0.15) is 12.4 Å². The van der Waals surface area contributed by atoms with Gasteiger partial charge in [-0.1, -0.05) is 41.1 Å². The molecule has 1 aliphatic rings. The summed E-state index contributed by atoms with van der Waals surface area (Å²) in [7, 11) is 2.13. The third-order valence-corrected chi connectivity index (χ3v) is 6.02. The molecule has 0 bridgehead atoms. The van der Waals surface area contributed by atoms with E-state index >= 15 is 0 Å². The summed E-state index contributed by atoms with van der Waals surface area (Å²) in [5.41, 5.74) is 1.83. The zero-order valence-corrected chi connectivity index (χ0v) is 19.4. The van der Waals surface area contributed by atoms with Crippen LogP contribution in [0.4, 0.5) is 0 Å². The maximum atomic E-state index is 12.5. The fraction of sp³-hybridized carbons (Fsp3) is 0.375. The molecule has 0 radical (unpaired) electrons. The average molecular weight is 470 g/mol. The quantitative estimate of drug-likeness (QED) is 0.517. The number of halogens is 1. The van der Waals surface area contributed by atoms with Crippen LogP contribution >= 0.6 is 11.6 Å². The number of ether oxygens (including phenoxy) is 2. The summed E-state index contributed by atoms with van der Waals surface area (Å²) in [5, 5.41) is 11.4. The molecule has 0 aliphatic carbocycles. The van der Waals surface area contributed by atoms with Crippen molar-refractivity contribution in [1.29, 1.82) is 0 Å². The van der Waals surface area contributed by atoms with Gasteiger partial charge in [-0.2, -0.15) is 0 Å². The molecule has 33 heavy (non-hydrogen) atoms. The van der Waals surface area contributed by atoms with Crippen molar-refractivity contribution in [3.63, 3.8) is 0 Å². The minimum atomic E-state index is -0.308. The first-order valence-electron chi connectivity index (χ1n) is 11.1. The maximum Gasteiger partial charge on any atom is 0.273 e. The Bertz CT molecular complexity index is 1070. The highest BCUT2D eigenvalue weighted by molar-refractivity contribution is 6.32. The summed E-state index contributed by atoms with van der Waals surface area (Å²) in [4.78, 5) is 14.9. The zero-order valence-electron chi connectivity index (χ0n) is 18.6. The van der Waals surface area contributed by atoms with Gasteiger partial charge in [0.05, 0.1) is 16.9 Å². The van der Waals surface area contributed by atoms with Crippen LogP contribution in [0.3, 0.4) is 0 Å². The third-order valence-electron chi connectivity index (χ3n) is 5.70. The van der Waals surface area contributed by atoms with Crippen molar-refractivity contribution in [2.45, 2.75) is 25.4 Å². The minimum absolute atomic E-state index is 0.221. The SMILES string of the molecule is CN(CCOc1cccc(CNC(=O)c2cn(-c3ccccc3Cl)nn2)c1)C1CCOCC1. The summed E-state index contributed by atoms with van der Waals surface area (Å²) in [6, 6.07) is 15.5. The Kier molecular flexibility index (Phi) is 7.93. The molecule has 2 aromatic carbocycles. The van der Waals surface area contributed by atoms with Gasteiger partial charge < -0.3 is 14.8 Å². The molecule has 8 nitrogen and oxygen atoms in total. The molecule has 4 rings (SSSR count). The number of hydrogen-bond donors (Lipinski definition) is 1. The first-order chi connectivity index (χ1) is 16.1. The van der Waals surface area contributed by atoms with E-state index in [2.05, 4.69) is 27.6 Å². The lowest BCUT2D eigenvalue weighted by molar-refractivity contribution is 0.0392. The first-order valence-corrected chi connectivity index (χ1v) is 11.4. The van der Waals surface area contributed by atoms with Gasteiger partial charge in [-0.25, -0.2) is 4.68 Å². The van der Waals surface area contributed by atoms with E-state index in [1.807, 2.05) is 42.5 Å². The molecule has 174 valence electrons. The van der Waals surface area contributed by atoms with E-state index in [4.69, 9.17) is 21.1 Å². The van der Waals surface area contributed by atoms with Crippen molar-refractivity contribution in [3.8, 4) is 11.4 Å². The molecule has 9 heteroatoms. The Balaban J connectivity index is 1.26. The number of benzene rings is 2. The number of para-hydroxylation sites is 1. The molecule has 3 aromatic rings. The standard InChI is InChI=1S/C24H28ClN5O3/c1-29(19-9-12-32-13-10-19)11-14-33-20-6-4-5-18(15-20)16-26-24(31)22-17-30(28-27-22)23-8-3-2-7-21(23)25/h2-8,15,17,19H,9-14,16H2,1H3,(H,26,31). The maximum absolute atomic E-state index is 12.5. The molecule has 0 saturated carbocycles. The highest BCUT2D eigenvalue weighted by Crippen LogP contribution is 2.19. The van der Waals surface area contributed by atoms with Crippen LogP contribution in [-0.2, 0) is 11.3 Å². The van der Waals surface area contributed by atoms with Gasteiger partial charge in [-0.05, 0) is 49.7 Å². The van der Waals surface area contributed by atoms with Crippen LogP contribution in [0.5, 0.6) is 5.75 Å². The fourth-order valence-electron chi connectivity index (χ4n) is 3.76. The molecule has 1 amide bonds. The van der Waals surface area contributed by atoms with Gasteiger partial charge in [-0.3, -0.25) is 9.69 Å². The molecule has 1 aliphatic heterocycles. The molecule has 0 spiro atoms. The number of nitrogens with zero attached hydrogens (tertiary/aromatic N) is 4. The third kappa shape index (κ3) is 6.31. The number of carbonyl (C=O) groups excluding carboxylic acids is 1. The van der Waals surface area contributed by atoms with Crippen LogP contribution in [-0.4, -0.2) is 65.3 Å². The Morgan fingerprint density at radius 1 is 1.24 bits per heavy atom. The molecule has 1 N–H and O–H groups in total.